The molecular weight excluding hydrogens is 336 g/mol. The molecule has 6 heteroatoms. The van der Waals surface area contributed by atoms with Gasteiger partial charge in [0.2, 0.25) is 5.91 Å². The molecule has 2 aromatic carbocycles. The number of hydrogen-bond donors (Lipinski definition) is 1. The highest BCUT2D eigenvalue weighted by Gasteiger charge is 2.10. The zero-order valence-corrected chi connectivity index (χ0v) is 14.3. The zero-order chi connectivity index (χ0) is 18.7. The van der Waals surface area contributed by atoms with E-state index in [1.54, 1.807) is 16.8 Å². The van der Waals surface area contributed by atoms with Gasteiger partial charge in [-0.2, -0.15) is 5.10 Å². The Balaban J connectivity index is 1.85. The van der Waals surface area contributed by atoms with Gasteiger partial charge in [-0.3, -0.25) is 4.79 Å². The first-order chi connectivity index (χ1) is 12.5. The van der Waals surface area contributed by atoms with Crippen molar-refractivity contribution in [2.75, 3.05) is 5.32 Å². The number of amides is 1. The van der Waals surface area contributed by atoms with Crippen LogP contribution in [0.5, 0.6) is 0 Å². The minimum absolute atomic E-state index is 0.255. The SMILES string of the molecule is Cc1cc(C)n(-c2ccccc2NC(=O)C=Cc2c(F)cccc2F)n1. The van der Waals surface area contributed by atoms with Crippen molar-refractivity contribution in [3.8, 4) is 5.69 Å². The molecule has 0 bridgehead atoms. The van der Waals surface area contributed by atoms with Gasteiger partial charge in [-0.15, -0.1) is 0 Å². The Hall–Kier alpha value is -3.28. The lowest BCUT2D eigenvalue weighted by molar-refractivity contribution is -0.111. The van der Waals surface area contributed by atoms with Crippen molar-refractivity contribution in [1.82, 2.24) is 9.78 Å². The van der Waals surface area contributed by atoms with Crippen LogP contribution in [0, 0.1) is 25.5 Å². The third-order valence-electron chi connectivity index (χ3n) is 3.80. The Kier molecular flexibility index (Phi) is 4.93. The number of carbonyl (C=O) groups excluding carboxylic acids is 1. The second-order valence-electron chi connectivity index (χ2n) is 5.81. The van der Waals surface area contributed by atoms with Crippen LogP contribution in [0.25, 0.3) is 11.8 Å². The summed E-state index contributed by atoms with van der Waals surface area (Å²) in [6.45, 7) is 3.80. The quantitative estimate of drug-likeness (QED) is 0.706. The average Bonchev–Trinajstić information content (AvgIpc) is 2.93. The van der Waals surface area contributed by atoms with Gasteiger partial charge < -0.3 is 5.32 Å². The second-order valence-corrected chi connectivity index (χ2v) is 5.81. The summed E-state index contributed by atoms with van der Waals surface area (Å²) in [5.41, 5.74) is 2.78. The summed E-state index contributed by atoms with van der Waals surface area (Å²) in [5, 5.41) is 7.14. The lowest BCUT2D eigenvalue weighted by Crippen LogP contribution is -2.11. The van der Waals surface area contributed by atoms with Crippen LogP contribution in [0.4, 0.5) is 14.5 Å². The Morgan fingerprint density at radius 1 is 1.08 bits per heavy atom. The molecule has 0 atom stereocenters. The van der Waals surface area contributed by atoms with Gasteiger partial charge in [0.15, 0.2) is 0 Å². The number of halogens is 2. The summed E-state index contributed by atoms with van der Waals surface area (Å²) in [5.74, 6) is -1.95. The fourth-order valence-corrected chi connectivity index (χ4v) is 2.64. The molecule has 1 heterocycles. The highest BCUT2D eigenvalue weighted by Crippen LogP contribution is 2.22. The van der Waals surface area contributed by atoms with E-state index in [1.807, 2.05) is 32.0 Å². The lowest BCUT2D eigenvalue weighted by atomic mass is 10.2. The van der Waals surface area contributed by atoms with Crippen LogP contribution in [-0.2, 0) is 4.79 Å². The van der Waals surface area contributed by atoms with Gasteiger partial charge in [0, 0.05) is 17.3 Å². The van der Waals surface area contributed by atoms with Gasteiger partial charge in [-0.25, -0.2) is 13.5 Å². The smallest absolute Gasteiger partial charge is 0.248 e. The summed E-state index contributed by atoms with van der Waals surface area (Å²) < 4.78 is 29.0. The number of hydrogen-bond acceptors (Lipinski definition) is 2. The maximum absolute atomic E-state index is 13.6. The van der Waals surface area contributed by atoms with Crippen LogP contribution in [0.1, 0.15) is 17.0 Å². The number of nitrogens with zero attached hydrogens (tertiary/aromatic N) is 2. The van der Waals surface area contributed by atoms with E-state index in [4.69, 9.17) is 0 Å². The number of carbonyl (C=O) groups is 1. The monoisotopic (exact) mass is 353 g/mol. The van der Waals surface area contributed by atoms with Crippen LogP contribution in [0.15, 0.2) is 54.6 Å². The van der Waals surface area contributed by atoms with Crippen molar-refractivity contribution in [1.29, 1.82) is 0 Å². The molecule has 3 aromatic rings. The lowest BCUT2D eigenvalue weighted by Gasteiger charge is -2.11. The first-order valence-electron chi connectivity index (χ1n) is 8.01. The molecule has 0 unspecified atom stereocenters. The first kappa shape index (κ1) is 17.5. The third-order valence-corrected chi connectivity index (χ3v) is 3.80. The molecule has 132 valence electrons. The molecule has 0 aliphatic rings. The van der Waals surface area contributed by atoms with Crippen molar-refractivity contribution < 1.29 is 13.6 Å². The number of rotatable bonds is 4. The normalized spacial score (nSPS) is 11.1. The molecule has 0 fully saturated rings. The van der Waals surface area contributed by atoms with Crippen LogP contribution < -0.4 is 5.32 Å². The Morgan fingerprint density at radius 2 is 1.77 bits per heavy atom. The summed E-state index contributed by atoms with van der Waals surface area (Å²) in [7, 11) is 0. The van der Waals surface area contributed by atoms with E-state index in [2.05, 4.69) is 10.4 Å². The Labute approximate surface area is 149 Å². The summed E-state index contributed by atoms with van der Waals surface area (Å²) in [6, 6.07) is 12.7. The number of aromatic nitrogens is 2. The van der Waals surface area contributed by atoms with E-state index in [0.29, 0.717) is 11.4 Å². The van der Waals surface area contributed by atoms with Gasteiger partial charge in [-0.05, 0) is 50.3 Å². The fraction of sp³-hybridized carbons (Fsp3) is 0.100. The van der Waals surface area contributed by atoms with Gasteiger partial charge in [0.05, 0.1) is 17.1 Å². The van der Waals surface area contributed by atoms with Crippen molar-refractivity contribution in [3.63, 3.8) is 0 Å². The van der Waals surface area contributed by atoms with E-state index in [-0.39, 0.29) is 5.56 Å². The van der Waals surface area contributed by atoms with Crippen LogP contribution in [-0.4, -0.2) is 15.7 Å². The molecule has 1 amide bonds. The molecule has 0 aliphatic heterocycles. The van der Waals surface area contributed by atoms with E-state index < -0.39 is 17.5 Å². The first-order valence-corrected chi connectivity index (χ1v) is 8.01. The molecule has 0 aliphatic carbocycles. The van der Waals surface area contributed by atoms with Crippen molar-refractivity contribution in [2.24, 2.45) is 0 Å². The largest absolute Gasteiger partial charge is 0.321 e. The standard InChI is InChI=1S/C20H17F2N3O/c1-13-12-14(2)25(24-13)19-9-4-3-8-18(19)23-20(26)11-10-15-16(21)6-5-7-17(15)22/h3-12H,1-2H3,(H,23,26). The number of aryl methyl sites for hydroxylation is 2. The van der Waals surface area contributed by atoms with Crippen LogP contribution in [0.2, 0.25) is 0 Å². The Bertz CT molecular complexity index is 972. The topological polar surface area (TPSA) is 46.9 Å². The number of nitrogens with one attached hydrogen (secondary N) is 1. The predicted octanol–water partition coefficient (Wildman–Crippen LogP) is 4.42. The third kappa shape index (κ3) is 3.69. The van der Waals surface area contributed by atoms with E-state index in [9.17, 15) is 13.6 Å². The minimum Gasteiger partial charge on any atom is -0.321 e. The Morgan fingerprint density at radius 3 is 2.42 bits per heavy atom. The molecule has 0 radical (unpaired) electrons. The predicted molar refractivity (Wildman–Crippen MR) is 97.1 cm³/mol. The molecule has 3 rings (SSSR count). The van der Waals surface area contributed by atoms with Crippen molar-refractivity contribution in [2.45, 2.75) is 13.8 Å². The maximum atomic E-state index is 13.6. The number of para-hydroxylation sites is 2. The molecule has 1 aromatic heterocycles. The van der Waals surface area contributed by atoms with Crippen molar-refractivity contribution in [3.05, 3.63) is 83.2 Å². The minimum atomic E-state index is -0.725. The number of anilines is 1. The summed E-state index contributed by atoms with van der Waals surface area (Å²) >= 11 is 0. The van der Waals surface area contributed by atoms with Crippen LogP contribution in [0.3, 0.4) is 0 Å². The number of benzene rings is 2. The van der Waals surface area contributed by atoms with Gasteiger partial charge >= 0.3 is 0 Å². The molecule has 0 spiro atoms. The molecule has 0 saturated carbocycles. The maximum Gasteiger partial charge on any atom is 0.248 e. The summed E-state index contributed by atoms with van der Waals surface area (Å²) in [6.07, 6.45) is 2.21. The van der Waals surface area contributed by atoms with E-state index in [1.165, 1.54) is 6.07 Å². The molecular formula is C20H17F2N3O. The van der Waals surface area contributed by atoms with Gasteiger partial charge in [0.25, 0.3) is 0 Å². The fourth-order valence-electron chi connectivity index (χ4n) is 2.64. The molecule has 0 saturated heterocycles. The zero-order valence-electron chi connectivity index (χ0n) is 14.3. The highest BCUT2D eigenvalue weighted by molar-refractivity contribution is 6.03. The van der Waals surface area contributed by atoms with Gasteiger partial charge in [0.1, 0.15) is 11.6 Å². The van der Waals surface area contributed by atoms with E-state index in [0.717, 1.165) is 35.7 Å². The van der Waals surface area contributed by atoms with Crippen LogP contribution >= 0.6 is 0 Å². The molecule has 26 heavy (non-hydrogen) atoms. The second kappa shape index (κ2) is 7.31. The molecule has 1 N–H and O–H groups in total. The average molecular weight is 353 g/mol. The molecule has 4 nitrogen and oxygen atoms in total. The highest BCUT2D eigenvalue weighted by atomic mass is 19.1. The summed E-state index contributed by atoms with van der Waals surface area (Å²) in [4.78, 5) is 12.2. The van der Waals surface area contributed by atoms with Gasteiger partial charge in [-0.1, -0.05) is 18.2 Å². The van der Waals surface area contributed by atoms with Crippen molar-refractivity contribution >= 4 is 17.7 Å². The van der Waals surface area contributed by atoms with E-state index >= 15 is 0 Å².